The van der Waals surface area contributed by atoms with E-state index in [9.17, 15) is 8.42 Å². The molecule has 0 heterocycles. The summed E-state index contributed by atoms with van der Waals surface area (Å²) in [5.41, 5.74) is 0. The summed E-state index contributed by atoms with van der Waals surface area (Å²) in [7, 11) is -3.55. The third kappa shape index (κ3) is 2.54. The fourth-order valence-electron chi connectivity index (χ4n) is 1.42. The van der Waals surface area contributed by atoms with Gasteiger partial charge in [0, 0.05) is 4.47 Å². The summed E-state index contributed by atoms with van der Waals surface area (Å²) in [6, 6.07) is 12.9. The van der Waals surface area contributed by atoms with Crippen LogP contribution in [0.2, 0.25) is 5.02 Å². The molecule has 0 radical (unpaired) electrons. The van der Waals surface area contributed by atoms with E-state index >= 15 is 0 Å². The average molecular weight is 332 g/mol. The lowest BCUT2D eigenvalue weighted by Crippen LogP contribution is -2.02. The molecular formula is C12H8BrClO2S. The van der Waals surface area contributed by atoms with Gasteiger partial charge in [0.1, 0.15) is 0 Å². The zero-order chi connectivity index (χ0) is 12.5. The first-order chi connectivity index (χ1) is 8.01. The predicted octanol–water partition coefficient (Wildman–Crippen LogP) is 3.94. The number of hydrogen-bond acceptors (Lipinski definition) is 2. The van der Waals surface area contributed by atoms with Crippen molar-refractivity contribution in [3.63, 3.8) is 0 Å². The molecule has 0 N–H and O–H groups in total. The van der Waals surface area contributed by atoms with E-state index in [4.69, 9.17) is 11.6 Å². The van der Waals surface area contributed by atoms with Crippen LogP contribution in [0.25, 0.3) is 0 Å². The summed E-state index contributed by atoms with van der Waals surface area (Å²) >= 11 is 9.16. The van der Waals surface area contributed by atoms with Crippen LogP contribution < -0.4 is 0 Å². The summed E-state index contributed by atoms with van der Waals surface area (Å²) in [6.45, 7) is 0. The van der Waals surface area contributed by atoms with Crippen LogP contribution in [0.3, 0.4) is 0 Å². The van der Waals surface area contributed by atoms with Gasteiger partial charge >= 0.3 is 0 Å². The largest absolute Gasteiger partial charge is 0.218 e. The Bertz CT molecular complexity index is 653. The molecule has 0 aliphatic carbocycles. The second-order valence-corrected chi connectivity index (χ2v) is 6.63. The lowest BCUT2D eigenvalue weighted by atomic mass is 10.4. The highest BCUT2D eigenvalue weighted by Gasteiger charge is 2.20. The molecule has 0 aliphatic heterocycles. The molecule has 0 saturated heterocycles. The summed E-state index contributed by atoms with van der Waals surface area (Å²) in [5.74, 6) is 0. The van der Waals surface area contributed by atoms with E-state index in [1.807, 2.05) is 0 Å². The second kappa shape index (κ2) is 4.80. The van der Waals surface area contributed by atoms with E-state index in [1.165, 1.54) is 6.07 Å². The maximum Gasteiger partial charge on any atom is 0.208 e. The molecule has 17 heavy (non-hydrogen) atoms. The zero-order valence-electron chi connectivity index (χ0n) is 8.60. The molecular weight excluding hydrogens is 324 g/mol. The molecule has 0 aliphatic rings. The highest BCUT2D eigenvalue weighted by Crippen LogP contribution is 2.28. The van der Waals surface area contributed by atoms with Gasteiger partial charge in [-0.3, -0.25) is 0 Å². The van der Waals surface area contributed by atoms with Crippen LogP contribution in [0.5, 0.6) is 0 Å². The van der Waals surface area contributed by atoms with Crippen LogP contribution in [0.1, 0.15) is 0 Å². The quantitative estimate of drug-likeness (QED) is 0.835. The number of hydrogen-bond donors (Lipinski definition) is 0. The highest BCUT2D eigenvalue weighted by molar-refractivity contribution is 9.10. The monoisotopic (exact) mass is 330 g/mol. The van der Waals surface area contributed by atoms with Gasteiger partial charge in [0.15, 0.2) is 0 Å². The molecule has 0 saturated carbocycles. The van der Waals surface area contributed by atoms with Crippen molar-refractivity contribution >= 4 is 37.4 Å². The maximum absolute atomic E-state index is 12.3. The van der Waals surface area contributed by atoms with E-state index in [1.54, 1.807) is 42.5 Å². The fraction of sp³-hybridized carbons (Fsp3) is 0. The average Bonchev–Trinajstić information content (AvgIpc) is 2.29. The Labute approximate surface area is 113 Å². The van der Waals surface area contributed by atoms with Crippen molar-refractivity contribution in [2.75, 3.05) is 0 Å². The molecule has 88 valence electrons. The Hall–Kier alpha value is -0.840. The SMILES string of the molecule is O=S(=O)(c1cccc(Br)c1)c1ccccc1Cl. The Morgan fingerprint density at radius 2 is 1.71 bits per heavy atom. The second-order valence-electron chi connectivity index (χ2n) is 3.39. The van der Waals surface area contributed by atoms with Crippen molar-refractivity contribution < 1.29 is 8.42 Å². The highest BCUT2D eigenvalue weighted by atomic mass is 79.9. The predicted molar refractivity (Wildman–Crippen MR) is 71.0 cm³/mol. The summed E-state index contributed by atoms with van der Waals surface area (Å²) in [4.78, 5) is 0.347. The smallest absolute Gasteiger partial charge is 0.208 e. The van der Waals surface area contributed by atoms with Crippen LogP contribution in [0, 0.1) is 0 Å². The van der Waals surface area contributed by atoms with Crippen LogP contribution in [0.15, 0.2) is 62.8 Å². The van der Waals surface area contributed by atoms with Crippen molar-refractivity contribution in [3.05, 3.63) is 58.0 Å². The molecule has 0 atom stereocenters. The molecule has 0 spiro atoms. The first-order valence-corrected chi connectivity index (χ1v) is 7.42. The maximum atomic E-state index is 12.3. The van der Waals surface area contributed by atoms with Crippen LogP contribution in [-0.4, -0.2) is 8.42 Å². The van der Waals surface area contributed by atoms with Gasteiger partial charge in [0.05, 0.1) is 14.8 Å². The topological polar surface area (TPSA) is 34.1 Å². The molecule has 0 aromatic heterocycles. The third-order valence-corrected chi connectivity index (χ3v) is 4.98. The molecule has 2 aromatic carbocycles. The number of benzene rings is 2. The van der Waals surface area contributed by atoms with Crippen molar-refractivity contribution in [3.8, 4) is 0 Å². The first kappa shape index (κ1) is 12.6. The lowest BCUT2D eigenvalue weighted by molar-refractivity contribution is 0.596. The minimum Gasteiger partial charge on any atom is -0.218 e. The van der Waals surface area contributed by atoms with Gasteiger partial charge in [-0.25, -0.2) is 8.42 Å². The molecule has 2 nitrogen and oxygen atoms in total. The van der Waals surface area contributed by atoms with Gasteiger partial charge in [-0.2, -0.15) is 0 Å². The lowest BCUT2D eigenvalue weighted by Gasteiger charge is -2.06. The van der Waals surface area contributed by atoms with E-state index in [0.717, 1.165) is 0 Å². The van der Waals surface area contributed by atoms with Crippen molar-refractivity contribution in [1.29, 1.82) is 0 Å². The van der Waals surface area contributed by atoms with Gasteiger partial charge in [-0.15, -0.1) is 0 Å². The van der Waals surface area contributed by atoms with E-state index in [-0.39, 0.29) is 14.8 Å². The standard InChI is InChI=1S/C12H8BrClO2S/c13-9-4-3-5-10(8-9)17(15,16)12-7-2-1-6-11(12)14/h1-8H. The Kier molecular flexibility index (Phi) is 3.56. The van der Waals surface area contributed by atoms with Crippen LogP contribution in [0.4, 0.5) is 0 Å². The first-order valence-electron chi connectivity index (χ1n) is 4.77. The number of sulfone groups is 1. The fourth-order valence-corrected chi connectivity index (χ4v) is 3.79. The van der Waals surface area contributed by atoms with Gasteiger partial charge < -0.3 is 0 Å². The Balaban J connectivity index is 2.63. The summed E-state index contributed by atoms with van der Waals surface area (Å²) < 4.78 is 25.3. The summed E-state index contributed by atoms with van der Waals surface area (Å²) in [6.07, 6.45) is 0. The molecule has 0 fully saturated rings. The van der Waals surface area contributed by atoms with Crippen molar-refractivity contribution in [2.24, 2.45) is 0 Å². The van der Waals surface area contributed by atoms with Gasteiger partial charge in [0.2, 0.25) is 9.84 Å². The number of rotatable bonds is 2. The third-order valence-electron chi connectivity index (χ3n) is 2.23. The van der Waals surface area contributed by atoms with Gasteiger partial charge in [0.25, 0.3) is 0 Å². The van der Waals surface area contributed by atoms with Crippen molar-refractivity contribution in [2.45, 2.75) is 9.79 Å². The Morgan fingerprint density at radius 1 is 1.00 bits per heavy atom. The Morgan fingerprint density at radius 3 is 2.35 bits per heavy atom. The van der Waals surface area contributed by atoms with E-state index in [2.05, 4.69) is 15.9 Å². The van der Waals surface area contributed by atoms with E-state index in [0.29, 0.717) is 4.47 Å². The van der Waals surface area contributed by atoms with Gasteiger partial charge in [-0.1, -0.05) is 45.7 Å². The molecule has 0 bridgehead atoms. The molecule has 5 heteroatoms. The normalized spacial score (nSPS) is 11.4. The zero-order valence-corrected chi connectivity index (χ0v) is 11.8. The summed E-state index contributed by atoms with van der Waals surface area (Å²) in [5, 5.41) is 0.229. The molecule has 0 unspecified atom stereocenters. The minimum atomic E-state index is -3.55. The minimum absolute atomic E-state index is 0.125. The van der Waals surface area contributed by atoms with Gasteiger partial charge in [-0.05, 0) is 30.3 Å². The molecule has 2 aromatic rings. The molecule has 0 amide bonds. The van der Waals surface area contributed by atoms with Crippen LogP contribution in [-0.2, 0) is 9.84 Å². The van der Waals surface area contributed by atoms with E-state index < -0.39 is 9.84 Å². The van der Waals surface area contributed by atoms with Crippen LogP contribution >= 0.6 is 27.5 Å². The van der Waals surface area contributed by atoms with Crippen molar-refractivity contribution in [1.82, 2.24) is 0 Å². The number of halogens is 2. The molecule has 2 rings (SSSR count).